The van der Waals surface area contributed by atoms with E-state index >= 15 is 0 Å². The molecule has 0 radical (unpaired) electrons. The first-order valence-electron chi connectivity index (χ1n) is 10.6. The van der Waals surface area contributed by atoms with Crippen molar-refractivity contribution in [2.75, 3.05) is 0 Å². The van der Waals surface area contributed by atoms with Crippen molar-refractivity contribution in [1.82, 2.24) is 14.5 Å². The standard InChI is InChI=1S/C25H17F4N3O2S2/c1-32-10-9-30-24(32)21-12-16(25(27,28)29)5-7-20(21)19-4-2-3-15-11-17(6-8-18(15)19)36(33,34)14-23-31-13-22(26)35-23/h2-13H,14H2,1H3. The molecule has 5 nitrogen and oxygen atoms in total. The number of aryl methyl sites for hydroxylation is 1. The highest BCUT2D eigenvalue weighted by Gasteiger charge is 2.32. The van der Waals surface area contributed by atoms with Crippen LogP contribution in [0.25, 0.3) is 33.3 Å². The number of halogens is 4. The SMILES string of the molecule is Cn1ccnc1-c1cc(C(F)(F)F)ccc1-c1cccc2cc(S(=O)(=O)Cc3ncc(F)s3)ccc12. The zero-order valence-corrected chi connectivity index (χ0v) is 20.3. The summed E-state index contributed by atoms with van der Waals surface area (Å²) in [7, 11) is -2.10. The highest BCUT2D eigenvalue weighted by atomic mass is 32.2. The Hall–Kier alpha value is -3.57. The topological polar surface area (TPSA) is 64.8 Å². The number of rotatable bonds is 5. The van der Waals surface area contributed by atoms with Gasteiger partial charge in [0.05, 0.1) is 16.7 Å². The normalized spacial score (nSPS) is 12.4. The Bertz CT molecular complexity index is 1710. The van der Waals surface area contributed by atoms with Crippen LogP contribution in [0.5, 0.6) is 0 Å². The number of fused-ring (bicyclic) bond motifs is 1. The van der Waals surface area contributed by atoms with Crippen LogP contribution in [-0.4, -0.2) is 23.0 Å². The molecule has 0 aliphatic carbocycles. The third-order valence-electron chi connectivity index (χ3n) is 5.75. The molecule has 0 spiro atoms. The first-order chi connectivity index (χ1) is 17.0. The molecule has 0 aliphatic heterocycles. The zero-order chi connectivity index (χ0) is 25.7. The number of nitrogens with zero attached hydrogens (tertiary/aromatic N) is 3. The molecular formula is C25H17F4N3O2S2. The Morgan fingerprint density at radius 2 is 1.78 bits per heavy atom. The predicted molar refractivity (Wildman–Crippen MR) is 130 cm³/mol. The Balaban J connectivity index is 1.64. The van der Waals surface area contributed by atoms with Crippen LogP contribution in [0.15, 0.2) is 78.1 Å². The summed E-state index contributed by atoms with van der Waals surface area (Å²) in [5.41, 5.74) is 0.658. The fourth-order valence-corrected chi connectivity index (χ4v) is 6.34. The van der Waals surface area contributed by atoms with Gasteiger partial charge in [-0.15, -0.1) is 0 Å². The molecule has 5 aromatic rings. The Morgan fingerprint density at radius 3 is 2.44 bits per heavy atom. The summed E-state index contributed by atoms with van der Waals surface area (Å²) < 4.78 is 81.2. The van der Waals surface area contributed by atoms with Crippen LogP contribution < -0.4 is 0 Å². The van der Waals surface area contributed by atoms with Crippen LogP contribution in [0.1, 0.15) is 10.6 Å². The van der Waals surface area contributed by atoms with E-state index in [1.54, 1.807) is 42.1 Å². The van der Waals surface area contributed by atoms with Gasteiger partial charge in [0.2, 0.25) is 0 Å². The minimum atomic E-state index is -4.53. The van der Waals surface area contributed by atoms with E-state index in [0.29, 0.717) is 44.6 Å². The Morgan fingerprint density at radius 1 is 0.972 bits per heavy atom. The molecule has 11 heteroatoms. The van der Waals surface area contributed by atoms with E-state index in [-0.39, 0.29) is 9.90 Å². The van der Waals surface area contributed by atoms with Crippen molar-refractivity contribution >= 4 is 31.9 Å². The maximum Gasteiger partial charge on any atom is 0.416 e. The second kappa shape index (κ2) is 8.82. The molecule has 0 N–H and O–H groups in total. The van der Waals surface area contributed by atoms with E-state index < -0.39 is 32.5 Å². The van der Waals surface area contributed by atoms with Crippen LogP contribution in [0, 0.1) is 5.13 Å². The second-order valence-electron chi connectivity index (χ2n) is 8.13. The van der Waals surface area contributed by atoms with Crippen molar-refractivity contribution in [3.63, 3.8) is 0 Å². The van der Waals surface area contributed by atoms with Gasteiger partial charge in [-0.25, -0.2) is 18.4 Å². The Kier molecular flexibility index (Phi) is 5.92. The van der Waals surface area contributed by atoms with Gasteiger partial charge in [-0.05, 0) is 46.2 Å². The quantitative estimate of drug-likeness (QED) is 0.243. The zero-order valence-electron chi connectivity index (χ0n) is 18.6. The summed E-state index contributed by atoms with van der Waals surface area (Å²) in [6.45, 7) is 0. The fraction of sp³-hybridized carbons (Fsp3) is 0.120. The van der Waals surface area contributed by atoms with E-state index in [1.165, 1.54) is 24.4 Å². The lowest BCUT2D eigenvalue weighted by Gasteiger charge is -2.16. The second-order valence-corrected chi connectivity index (χ2v) is 11.2. The molecule has 0 atom stereocenters. The largest absolute Gasteiger partial charge is 0.416 e. The number of hydrogen-bond donors (Lipinski definition) is 0. The average Bonchev–Trinajstić information content (AvgIpc) is 3.44. The van der Waals surface area contributed by atoms with Gasteiger partial charge >= 0.3 is 6.18 Å². The molecule has 0 fully saturated rings. The lowest BCUT2D eigenvalue weighted by Crippen LogP contribution is -2.06. The van der Waals surface area contributed by atoms with Crippen LogP contribution in [0.4, 0.5) is 17.6 Å². The first-order valence-corrected chi connectivity index (χ1v) is 13.0. The van der Waals surface area contributed by atoms with Gasteiger partial charge in [-0.2, -0.15) is 17.6 Å². The monoisotopic (exact) mass is 531 g/mol. The molecule has 0 amide bonds. The van der Waals surface area contributed by atoms with Crippen molar-refractivity contribution < 1.29 is 26.0 Å². The van der Waals surface area contributed by atoms with Crippen molar-refractivity contribution in [3.8, 4) is 22.5 Å². The van der Waals surface area contributed by atoms with Gasteiger partial charge in [-0.1, -0.05) is 41.7 Å². The van der Waals surface area contributed by atoms with E-state index in [9.17, 15) is 26.0 Å². The van der Waals surface area contributed by atoms with Crippen molar-refractivity contribution in [1.29, 1.82) is 0 Å². The minimum Gasteiger partial charge on any atom is -0.334 e. The van der Waals surface area contributed by atoms with Crippen LogP contribution in [-0.2, 0) is 28.8 Å². The number of thiazole rings is 1. The summed E-state index contributed by atoms with van der Waals surface area (Å²) in [5.74, 6) is -0.0716. The minimum absolute atomic E-state index is 0.0412. The van der Waals surface area contributed by atoms with Crippen LogP contribution >= 0.6 is 11.3 Å². The first kappa shape index (κ1) is 24.1. The lowest BCUT2D eigenvalue weighted by atomic mass is 9.93. The Labute approximate surface area is 207 Å². The summed E-state index contributed by atoms with van der Waals surface area (Å²) in [5, 5.41) is 0.825. The molecule has 184 valence electrons. The van der Waals surface area contributed by atoms with Crippen LogP contribution in [0.3, 0.4) is 0 Å². The van der Waals surface area contributed by atoms with Gasteiger partial charge in [0.15, 0.2) is 15.0 Å². The molecule has 0 saturated carbocycles. The molecule has 36 heavy (non-hydrogen) atoms. The molecular weight excluding hydrogens is 514 g/mol. The van der Waals surface area contributed by atoms with Crippen LogP contribution in [0.2, 0.25) is 0 Å². The third kappa shape index (κ3) is 4.51. The number of alkyl halides is 3. The molecule has 2 aromatic heterocycles. The highest BCUT2D eigenvalue weighted by Crippen LogP contribution is 2.40. The van der Waals surface area contributed by atoms with Gasteiger partial charge in [0, 0.05) is 25.0 Å². The molecule has 0 unspecified atom stereocenters. The molecule has 2 heterocycles. The van der Waals surface area contributed by atoms with Crippen molar-refractivity contribution in [2.24, 2.45) is 7.05 Å². The number of imidazole rings is 1. The van der Waals surface area contributed by atoms with Gasteiger partial charge in [-0.3, -0.25) is 0 Å². The molecule has 0 saturated heterocycles. The van der Waals surface area contributed by atoms with E-state index in [2.05, 4.69) is 9.97 Å². The highest BCUT2D eigenvalue weighted by molar-refractivity contribution is 7.90. The molecule has 0 aliphatic rings. The number of benzene rings is 3. The van der Waals surface area contributed by atoms with Gasteiger partial charge in [0.25, 0.3) is 0 Å². The van der Waals surface area contributed by atoms with Crippen molar-refractivity contribution in [2.45, 2.75) is 16.8 Å². The van der Waals surface area contributed by atoms with Crippen molar-refractivity contribution in [3.05, 3.63) is 88.9 Å². The maximum absolute atomic E-state index is 13.5. The van der Waals surface area contributed by atoms with Gasteiger partial charge < -0.3 is 4.57 Å². The molecule has 0 bridgehead atoms. The molecule has 3 aromatic carbocycles. The average molecular weight is 532 g/mol. The third-order valence-corrected chi connectivity index (χ3v) is 8.34. The van der Waals surface area contributed by atoms with Gasteiger partial charge in [0.1, 0.15) is 16.6 Å². The lowest BCUT2D eigenvalue weighted by molar-refractivity contribution is -0.137. The summed E-state index contributed by atoms with van der Waals surface area (Å²) in [4.78, 5) is 8.07. The smallest absolute Gasteiger partial charge is 0.334 e. The fourth-order valence-electron chi connectivity index (χ4n) is 4.06. The maximum atomic E-state index is 13.5. The number of hydrogen-bond acceptors (Lipinski definition) is 5. The van der Waals surface area contributed by atoms with E-state index in [1.807, 2.05) is 0 Å². The summed E-state index contributed by atoms with van der Waals surface area (Å²) >= 11 is 0.672. The predicted octanol–water partition coefficient (Wildman–Crippen LogP) is 6.50. The van der Waals surface area contributed by atoms with E-state index in [4.69, 9.17) is 0 Å². The summed E-state index contributed by atoms with van der Waals surface area (Å²) in [6.07, 6.45) is -0.395. The molecule has 5 rings (SSSR count). The number of aromatic nitrogens is 3. The summed E-state index contributed by atoms with van der Waals surface area (Å²) in [6, 6.07) is 13.3. The number of sulfone groups is 1. The van der Waals surface area contributed by atoms with E-state index in [0.717, 1.165) is 18.3 Å².